The van der Waals surface area contributed by atoms with Crippen molar-refractivity contribution in [2.75, 3.05) is 5.73 Å². The van der Waals surface area contributed by atoms with E-state index in [4.69, 9.17) is 5.73 Å². The van der Waals surface area contributed by atoms with Gasteiger partial charge in [-0.3, -0.25) is 4.79 Å². The number of hydrogen-bond acceptors (Lipinski definition) is 6. The molecule has 0 radical (unpaired) electrons. The molecule has 1 amide bonds. The van der Waals surface area contributed by atoms with Crippen LogP contribution in [0.25, 0.3) is 0 Å². The summed E-state index contributed by atoms with van der Waals surface area (Å²) >= 11 is 1.15. The maximum Gasteiger partial charge on any atom is 0.263 e. The number of aromatic nitrogens is 3. The molecule has 0 bridgehead atoms. The highest BCUT2D eigenvalue weighted by Gasteiger charge is 2.09. The third kappa shape index (κ3) is 3.01. The molecule has 0 aliphatic heterocycles. The van der Waals surface area contributed by atoms with E-state index in [1.54, 1.807) is 0 Å². The third-order valence-electron chi connectivity index (χ3n) is 2.18. The fraction of sp³-hybridized carbons (Fsp3) is 0.273. The minimum atomic E-state index is -0.216. The smallest absolute Gasteiger partial charge is 0.263 e. The first-order valence-electron chi connectivity index (χ1n) is 5.35. The summed E-state index contributed by atoms with van der Waals surface area (Å²) in [5.74, 6) is 0.380. The van der Waals surface area contributed by atoms with Crippen LogP contribution >= 0.6 is 11.3 Å². The number of nitrogen functional groups attached to an aromatic ring is 1. The molecule has 94 valence electrons. The van der Waals surface area contributed by atoms with Gasteiger partial charge in [-0.25, -0.2) is 15.0 Å². The number of amides is 1. The summed E-state index contributed by atoms with van der Waals surface area (Å²) in [6.45, 7) is 4.08. The van der Waals surface area contributed by atoms with Gasteiger partial charge in [0.1, 0.15) is 10.7 Å². The van der Waals surface area contributed by atoms with E-state index in [2.05, 4.69) is 20.3 Å². The number of carbonyl (C=O) groups excluding carboxylic acids is 1. The molecule has 0 spiro atoms. The third-order valence-corrected chi connectivity index (χ3v) is 3.01. The Kier molecular flexibility index (Phi) is 3.52. The number of nitrogens with two attached hydrogens (primary N) is 1. The number of anilines is 1. The summed E-state index contributed by atoms with van der Waals surface area (Å²) in [7, 11) is 0. The maximum atomic E-state index is 11.7. The molecule has 0 aromatic carbocycles. The van der Waals surface area contributed by atoms with E-state index in [1.165, 1.54) is 6.20 Å². The molecule has 2 heterocycles. The van der Waals surface area contributed by atoms with Gasteiger partial charge in [-0.05, 0) is 19.9 Å². The van der Waals surface area contributed by atoms with E-state index in [-0.39, 0.29) is 5.91 Å². The van der Waals surface area contributed by atoms with Gasteiger partial charge in [0.15, 0.2) is 5.13 Å². The normalized spacial score (nSPS) is 10.3. The molecule has 0 atom stereocenters. The maximum absolute atomic E-state index is 11.7. The zero-order valence-electron chi connectivity index (χ0n) is 10.1. The van der Waals surface area contributed by atoms with Crippen molar-refractivity contribution in [1.29, 1.82) is 0 Å². The molecule has 6 nitrogen and oxygen atoms in total. The number of aryl methyl sites for hydroxylation is 2. The molecule has 2 rings (SSSR count). The molecule has 3 N–H and O–H groups in total. The summed E-state index contributed by atoms with van der Waals surface area (Å²) in [6, 6.07) is 1.88. The number of hydrogen-bond donors (Lipinski definition) is 2. The van der Waals surface area contributed by atoms with Crippen molar-refractivity contribution < 1.29 is 4.79 Å². The van der Waals surface area contributed by atoms with Gasteiger partial charge in [-0.15, -0.1) is 0 Å². The Morgan fingerprint density at radius 2 is 2.06 bits per heavy atom. The van der Waals surface area contributed by atoms with Crippen molar-refractivity contribution in [2.24, 2.45) is 0 Å². The highest BCUT2D eigenvalue weighted by atomic mass is 32.1. The first-order chi connectivity index (χ1) is 8.54. The van der Waals surface area contributed by atoms with Crippen LogP contribution in [-0.2, 0) is 6.54 Å². The van der Waals surface area contributed by atoms with E-state index in [1.807, 2.05) is 19.9 Å². The SMILES string of the molecule is Cc1cc(C)nc(CNC(=O)c2cnc(N)s2)n1. The fourth-order valence-corrected chi connectivity index (χ4v) is 2.12. The molecule has 7 heteroatoms. The second kappa shape index (κ2) is 5.09. The van der Waals surface area contributed by atoms with Crippen molar-refractivity contribution in [1.82, 2.24) is 20.3 Å². The average Bonchev–Trinajstić information content (AvgIpc) is 2.71. The first kappa shape index (κ1) is 12.4. The van der Waals surface area contributed by atoms with Gasteiger partial charge in [0, 0.05) is 11.4 Å². The van der Waals surface area contributed by atoms with E-state index in [9.17, 15) is 4.79 Å². The molecule has 0 fully saturated rings. The number of nitrogens with one attached hydrogen (secondary N) is 1. The van der Waals surface area contributed by atoms with Gasteiger partial charge in [-0.1, -0.05) is 11.3 Å². The van der Waals surface area contributed by atoms with E-state index < -0.39 is 0 Å². The predicted molar refractivity (Wildman–Crippen MR) is 69.2 cm³/mol. The van der Waals surface area contributed by atoms with E-state index in [0.717, 1.165) is 22.7 Å². The molecule has 18 heavy (non-hydrogen) atoms. The van der Waals surface area contributed by atoms with Crippen LogP contribution in [0.5, 0.6) is 0 Å². The van der Waals surface area contributed by atoms with E-state index in [0.29, 0.717) is 22.4 Å². The highest BCUT2D eigenvalue weighted by molar-refractivity contribution is 7.17. The van der Waals surface area contributed by atoms with Crippen LogP contribution in [-0.4, -0.2) is 20.9 Å². The second-order valence-corrected chi connectivity index (χ2v) is 4.87. The van der Waals surface area contributed by atoms with Crippen molar-refractivity contribution >= 4 is 22.4 Å². The fourth-order valence-electron chi connectivity index (χ4n) is 1.52. The van der Waals surface area contributed by atoms with Crippen molar-refractivity contribution in [3.8, 4) is 0 Å². The lowest BCUT2D eigenvalue weighted by molar-refractivity contribution is 0.0953. The Morgan fingerprint density at radius 1 is 1.39 bits per heavy atom. The summed E-state index contributed by atoms with van der Waals surface area (Å²) in [5, 5.41) is 3.11. The van der Waals surface area contributed by atoms with Crippen molar-refractivity contribution in [3.63, 3.8) is 0 Å². The summed E-state index contributed by atoms with van der Waals surface area (Å²) in [4.78, 5) is 24.5. The van der Waals surface area contributed by atoms with Gasteiger partial charge in [0.2, 0.25) is 0 Å². The van der Waals surface area contributed by atoms with Gasteiger partial charge in [0.25, 0.3) is 5.91 Å². The van der Waals surface area contributed by atoms with Crippen LogP contribution in [0, 0.1) is 13.8 Å². The Balaban J connectivity index is 2.01. The molecular weight excluding hydrogens is 250 g/mol. The zero-order chi connectivity index (χ0) is 13.1. The Hall–Kier alpha value is -2.02. The van der Waals surface area contributed by atoms with Crippen LogP contribution < -0.4 is 11.1 Å². The minimum Gasteiger partial charge on any atom is -0.375 e. The van der Waals surface area contributed by atoms with Crippen LogP contribution in [0.2, 0.25) is 0 Å². The molecule has 2 aromatic heterocycles. The lowest BCUT2D eigenvalue weighted by Crippen LogP contribution is -2.23. The van der Waals surface area contributed by atoms with Gasteiger partial charge >= 0.3 is 0 Å². The van der Waals surface area contributed by atoms with E-state index >= 15 is 0 Å². The van der Waals surface area contributed by atoms with Crippen molar-refractivity contribution in [3.05, 3.63) is 34.4 Å². The monoisotopic (exact) mass is 263 g/mol. The summed E-state index contributed by atoms with van der Waals surface area (Å²) in [6.07, 6.45) is 1.46. The summed E-state index contributed by atoms with van der Waals surface area (Å²) < 4.78 is 0. The molecule has 0 aliphatic carbocycles. The Bertz CT molecular complexity index is 560. The van der Waals surface area contributed by atoms with Crippen LogP contribution in [0.15, 0.2) is 12.3 Å². The molecular formula is C11H13N5OS. The zero-order valence-corrected chi connectivity index (χ0v) is 10.9. The highest BCUT2D eigenvalue weighted by Crippen LogP contribution is 2.13. The Labute approximate surface area is 108 Å². The molecule has 0 saturated heterocycles. The number of rotatable bonds is 3. The number of nitrogens with zero attached hydrogens (tertiary/aromatic N) is 3. The summed E-state index contributed by atoms with van der Waals surface area (Å²) in [5.41, 5.74) is 7.23. The molecule has 0 aliphatic rings. The lowest BCUT2D eigenvalue weighted by atomic mass is 10.3. The van der Waals surface area contributed by atoms with Crippen molar-refractivity contribution in [2.45, 2.75) is 20.4 Å². The first-order valence-corrected chi connectivity index (χ1v) is 6.17. The van der Waals surface area contributed by atoms with Crippen LogP contribution in [0.4, 0.5) is 5.13 Å². The topological polar surface area (TPSA) is 93.8 Å². The largest absolute Gasteiger partial charge is 0.375 e. The quantitative estimate of drug-likeness (QED) is 0.863. The second-order valence-electron chi connectivity index (χ2n) is 3.81. The standard InChI is InChI=1S/C11H13N5OS/c1-6-3-7(2)16-9(15-6)5-13-10(17)8-4-14-11(12)18-8/h3-4H,5H2,1-2H3,(H2,12,14)(H,13,17). The average molecular weight is 263 g/mol. The molecule has 2 aromatic rings. The lowest BCUT2D eigenvalue weighted by Gasteiger charge is -2.04. The number of carbonyl (C=O) groups is 1. The molecule has 0 unspecified atom stereocenters. The Morgan fingerprint density at radius 3 is 2.61 bits per heavy atom. The number of thiazole rings is 1. The van der Waals surface area contributed by atoms with Crippen LogP contribution in [0.1, 0.15) is 26.9 Å². The van der Waals surface area contributed by atoms with Gasteiger partial charge < -0.3 is 11.1 Å². The van der Waals surface area contributed by atoms with Gasteiger partial charge in [-0.2, -0.15) is 0 Å². The predicted octanol–water partition coefficient (Wildman–Crippen LogP) is 1.06. The minimum absolute atomic E-state index is 0.216. The molecule has 0 saturated carbocycles. The van der Waals surface area contributed by atoms with Crippen LogP contribution in [0.3, 0.4) is 0 Å². The van der Waals surface area contributed by atoms with Gasteiger partial charge in [0.05, 0.1) is 12.7 Å².